The number of benzene rings is 2. The minimum atomic E-state index is -4.44. The van der Waals surface area contributed by atoms with Crippen LogP contribution in [0, 0.1) is 0 Å². The van der Waals surface area contributed by atoms with Crippen molar-refractivity contribution in [2.24, 2.45) is 0 Å². The van der Waals surface area contributed by atoms with Crippen LogP contribution < -0.4 is 14.8 Å². The van der Waals surface area contributed by atoms with Crippen molar-refractivity contribution in [3.05, 3.63) is 47.5 Å². The van der Waals surface area contributed by atoms with Crippen molar-refractivity contribution in [3.63, 3.8) is 0 Å². The Kier molecular flexibility index (Phi) is 5.31. The number of nitrogens with one attached hydrogen (secondary N) is 1. The van der Waals surface area contributed by atoms with Gasteiger partial charge >= 0.3 is 6.18 Å². The molecule has 0 saturated carbocycles. The largest absolute Gasteiger partial charge is 0.454 e. The van der Waals surface area contributed by atoms with Crippen molar-refractivity contribution in [3.8, 4) is 11.5 Å². The van der Waals surface area contributed by atoms with Crippen LogP contribution in [0.3, 0.4) is 0 Å². The Bertz CT molecular complexity index is 899. The summed E-state index contributed by atoms with van der Waals surface area (Å²) in [6, 6.07) is 7.71. The van der Waals surface area contributed by atoms with Gasteiger partial charge in [-0.1, -0.05) is 6.07 Å². The summed E-state index contributed by atoms with van der Waals surface area (Å²) in [6.07, 6.45) is -4.44. The molecule has 9 heteroatoms. The lowest BCUT2D eigenvalue weighted by Crippen LogP contribution is -2.16. The van der Waals surface area contributed by atoms with E-state index in [9.17, 15) is 22.8 Å². The number of halogens is 3. The highest BCUT2D eigenvalue weighted by Crippen LogP contribution is 2.37. The van der Waals surface area contributed by atoms with Crippen molar-refractivity contribution < 1.29 is 32.2 Å². The van der Waals surface area contributed by atoms with Crippen LogP contribution in [0.25, 0.3) is 0 Å². The molecule has 0 aromatic heterocycles. The van der Waals surface area contributed by atoms with Crippen molar-refractivity contribution in [2.45, 2.75) is 18.0 Å². The minimum Gasteiger partial charge on any atom is -0.454 e. The zero-order valence-electron chi connectivity index (χ0n) is 14.1. The fourth-order valence-electron chi connectivity index (χ4n) is 2.43. The maximum atomic E-state index is 12.7. The quantitative estimate of drug-likeness (QED) is 0.600. The van der Waals surface area contributed by atoms with E-state index in [1.165, 1.54) is 31.2 Å². The monoisotopic (exact) mass is 397 g/mol. The van der Waals surface area contributed by atoms with Gasteiger partial charge in [0.05, 0.1) is 17.0 Å². The fraction of sp³-hybridized carbons (Fsp3) is 0.222. The topological polar surface area (TPSA) is 64.6 Å². The molecule has 2 aromatic carbocycles. The second-order valence-corrected chi connectivity index (χ2v) is 6.72. The normalized spacial score (nSPS) is 12.7. The summed E-state index contributed by atoms with van der Waals surface area (Å²) in [6.45, 7) is 1.38. The zero-order valence-corrected chi connectivity index (χ0v) is 14.9. The van der Waals surface area contributed by atoms with E-state index in [1.54, 1.807) is 0 Å². The summed E-state index contributed by atoms with van der Waals surface area (Å²) in [5.41, 5.74) is -0.249. The van der Waals surface area contributed by atoms with Gasteiger partial charge in [0.25, 0.3) is 0 Å². The van der Waals surface area contributed by atoms with E-state index < -0.39 is 17.6 Å². The van der Waals surface area contributed by atoms with E-state index in [0.29, 0.717) is 16.4 Å². The van der Waals surface area contributed by atoms with Crippen LogP contribution in [0.15, 0.2) is 41.3 Å². The Hall–Kier alpha value is -2.68. The van der Waals surface area contributed by atoms with Gasteiger partial charge in [0.2, 0.25) is 12.7 Å². The predicted octanol–water partition coefficient (Wildman–Crippen LogP) is 4.37. The second kappa shape index (κ2) is 7.51. The predicted molar refractivity (Wildman–Crippen MR) is 93.4 cm³/mol. The number of carbonyl (C=O) groups is 2. The van der Waals surface area contributed by atoms with Gasteiger partial charge in [-0.25, -0.2) is 0 Å². The molecule has 142 valence electrons. The molecule has 0 atom stereocenters. The number of hydrogen-bond donors (Lipinski definition) is 1. The van der Waals surface area contributed by atoms with Gasteiger partial charge in [-0.05, 0) is 31.2 Å². The minimum absolute atomic E-state index is 0.0233. The summed E-state index contributed by atoms with van der Waals surface area (Å²) >= 11 is 0.965. The van der Waals surface area contributed by atoms with E-state index in [-0.39, 0.29) is 29.6 Å². The molecule has 0 radical (unpaired) electrons. The second-order valence-electron chi connectivity index (χ2n) is 5.67. The molecule has 0 saturated heterocycles. The maximum Gasteiger partial charge on any atom is 0.416 e. The number of alkyl halides is 3. The van der Waals surface area contributed by atoms with Gasteiger partial charge in [-0.15, -0.1) is 11.8 Å². The van der Waals surface area contributed by atoms with Crippen LogP contribution in [0.4, 0.5) is 18.9 Å². The highest BCUT2D eigenvalue weighted by Gasteiger charge is 2.30. The molecule has 3 rings (SSSR count). The number of Topliss-reactive ketones (excluding diaryl/α,β-unsaturated/α-hetero) is 1. The first-order valence-corrected chi connectivity index (χ1v) is 8.77. The summed E-state index contributed by atoms with van der Waals surface area (Å²) in [5, 5.41) is 2.60. The summed E-state index contributed by atoms with van der Waals surface area (Å²) in [7, 11) is 0. The van der Waals surface area contributed by atoms with Gasteiger partial charge in [-0.3, -0.25) is 9.59 Å². The molecule has 1 amide bonds. The van der Waals surface area contributed by atoms with Gasteiger partial charge < -0.3 is 14.8 Å². The van der Waals surface area contributed by atoms with Crippen molar-refractivity contribution in [2.75, 3.05) is 17.9 Å². The molecule has 2 aromatic rings. The Morgan fingerprint density at radius 2 is 1.85 bits per heavy atom. The van der Waals surface area contributed by atoms with E-state index in [0.717, 1.165) is 23.9 Å². The number of ketones is 1. The molecule has 1 heterocycles. The highest BCUT2D eigenvalue weighted by atomic mass is 32.2. The summed E-state index contributed by atoms with van der Waals surface area (Å²) in [5.74, 6) is -0.0297. The van der Waals surface area contributed by atoms with E-state index in [4.69, 9.17) is 9.47 Å². The molecule has 1 aliphatic rings. The number of hydrogen-bond acceptors (Lipinski definition) is 5. The average Bonchev–Trinajstić information content (AvgIpc) is 3.06. The molecule has 5 nitrogen and oxygen atoms in total. The molecule has 0 aliphatic carbocycles. The van der Waals surface area contributed by atoms with Crippen LogP contribution in [0.1, 0.15) is 22.8 Å². The average molecular weight is 397 g/mol. The lowest BCUT2D eigenvalue weighted by atomic mass is 10.1. The zero-order chi connectivity index (χ0) is 19.6. The van der Waals surface area contributed by atoms with Crippen molar-refractivity contribution >= 4 is 29.1 Å². The van der Waals surface area contributed by atoms with Gasteiger partial charge in [0.15, 0.2) is 17.3 Å². The number of anilines is 1. The van der Waals surface area contributed by atoms with Crippen LogP contribution in [0.2, 0.25) is 0 Å². The van der Waals surface area contributed by atoms with Crippen LogP contribution in [-0.4, -0.2) is 24.2 Å². The lowest BCUT2D eigenvalue weighted by Gasteiger charge is -2.11. The smallest absolute Gasteiger partial charge is 0.416 e. The molecule has 1 N–H and O–H groups in total. The molecule has 0 fully saturated rings. The van der Waals surface area contributed by atoms with Crippen molar-refractivity contribution in [1.82, 2.24) is 0 Å². The molecule has 0 bridgehead atoms. The molecular formula is C18H14F3NO4S. The molecule has 27 heavy (non-hydrogen) atoms. The Morgan fingerprint density at radius 1 is 1.15 bits per heavy atom. The first-order chi connectivity index (χ1) is 12.7. The molecule has 1 aliphatic heterocycles. The van der Waals surface area contributed by atoms with Crippen LogP contribution >= 0.6 is 11.8 Å². The van der Waals surface area contributed by atoms with Gasteiger partial charge in [0, 0.05) is 16.5 Å². The lowest BCUT2D eigenvalue weighted by molar-refractivity contribution is -0.137. The Labute approximate surface area is 156 Å². The number of rotatable bonds is 5. The molecule has 0 unspecified atom stereocenters. The van der Waals surface area contributed by atoms with Crippen LogP contribution in [0.5, 0.6) is 11.5 Å². The van der Waals surface area contributed by atoms with Crippen LogP contribution in [-0.2, 0) is 11.0 Å². The standard InChI is InChI=1S/C18H14F3NO4S/c1-10(23)13-6-15-16(26-9-25-15)7-14(13)22-17(24)8-27-12-4-2-3-11(5-12)18(19,20)21/h2-7H,8-9H2,1H3,(H,22,24). The number of thioether (sulfide) groups is 1. The Balaban J connectivity index is 1.69. The third-order valence-corrected chi connectivity index (χ3v) is 4.69. The first-order valence-electron chi connectivity index (χ1n) is 7.78. The third-order valence-electron chi connectivity index (χ3n) is 3.70. The maximum absolute atomic E-state index is 12.7. The SMILES string of the molecule is CC(=O)c1cc2c(cc1NC(=O)CSc1cccc(C(F)(F)F)c1)OCO2. The number of ether oxygens (including phenoxy) is 2. The number of amides is 1. The van der Waals surface area contributed by atoms with E-state index >= 15 is 0 Å². The number of carbonyl (C=O) groups excluding carboxylic acids is 2. The number of fused-ring (bicyclic) bond motifs is 1. The highest BCUT2D eigenvalue weighted by molar-refractivity contribution is 8.00. The van der Waals surface area contributed by atoms with Crippen molar-refractivity contribution in [1.29, 1.82) is 0 Å². The third kappa shape index (κ3) is 4.54. The summed E-state index contributed by atoms with van der Waals surface area (Å²) in [4.78, 5) is 24.3. The molecular weight excluding hydrogens is 383 g/mol. The fourth-order valence-corrected chi connectivity index (χ4v) is 3.19. The summed E-state index contributed by atoms with van der Waals surface area (Å²) < 4.78 is 48.7. The van der Waals surface area contributed by atoms with E-state index in [1.807, 2.05) is 0 Å². The first kappa shape index (κ1) is 19.1. The molecule has 0 spiro atoms. The van der Waals surface area contributed by atoms with Gasteiger partial charge in [0.1, 0.15) is 0 Å². The van der Waals surface area contributed by atoms with Gasteiger partial charge in [-0.2, -0.15) is 13.2 Å². The van der Waals surface area contributed by atoms with E-state index in [2.05, 4.69) is 5.32 Å². The Morgan fingerprint density at radius 3 is 2.52 bits per heavy atom.